The fourth-order valence-electron chi connectivity index (χ4n) is 2.64. The number of hydrogen-bond donors (Lipinski definition) is 0. The van der Waals surface area contributed by atoms with Crippen LogP contribution in [0.5, 0.6) is 0 Å². The second-order valence-electron chi connectivity index (χ2n) is 5.81. The lowest BCUT2D eigenvalue weighted by atomic mass is 10.0. The van der Waals surface area contributed by atoms with Gasteiger partial charge in [-0.2, -0.15) is 0 Å². The highest BCUT2D eigenvalue weighted by Gasteiger charge is 2.27. The molecule has 1 unspecified atom stereocenters. The molecular weight excluding hydrogens is 320 g/mol. The van der Waals surface area contributed by atoms with Crippen LogP contribution in [-0.2, 0) is 4.84 Å². The first-order valence-electron chi connectivity index (χ1n) is 7.91. The Balaban J connectivity index is 1.64. The van der Waals surface area contributed by atoms with Crippen LogP contribution < -0.4 is 0 Å². The molecule has 2 heterocycles. The smallest absolute Gasteiger partial charge is 0.264 e. The second-order valence-corrected chi connectivity index (χ2v) is 6.76. The summed E-state index contributed by atoms with van der Waals surface area (Å²) in [5, 5.41) is 6.11. The Morgan fingerprint density at radius 1 is 1.42 bits per heavy atom. The number of nitrogens with zero attached hydrogens (tertiary/aromatic N) is 2. The average Bonchev–Trinajstić information content (AvgIpc) is 3.26. The minimum Gasteiger partial charge on any atom is -0.390 e. The summed E-state index contributed by atoms with van der Waals surface area (Å²) in [6.45, 7) is 6.81. The molecule has 4 nitrogen and oxygen atoms in total. The number of benzene rings is 1. The molecule has 1 aromatic heterocycles. The summed E-state index contributed by atoms with van der Waals surface area (Å²) in [6, 6.07) is 12.0. The number of carbonyl (C=O) groups excluding carboxylic acids is 1. The first-order chi connectivity index (χ1) is 11.7. The third-order valence-corrected chi connectivity index (χ3v) is 4.77. The SMILES string of the molecule is C=CCN(CC1CC(c2ccc(C)cc2)=NO1)C(=O)c1cccs1. The van der Waals surface area contributed by atoms with Crippen LogP contribution in [-0.4, -0.2) is 35.7 Å². The van der Waals surface area contributed by atoms with Gasteiger partial charge < -0.3 is 9.74 Å². The molecule has 2 aromatic rings. The van der Waals surface area contributed by atoms with Gasteiger partial charge in [0.25, 0.3) is 5.91 Å². The number of rotatable bonds is 6. The fourth-order valence-corrected chi connectivity index (χ4v) is 3.33. The lowest BCUT2D eigenvalue weighted by Gasteiger charge is -2.22. The molecule has 1 amide bonds. The summed E-state index contributed by atoms with van der Waals surface area (Å²) >= 11 is 1.45. The number of oxime groups is 1. The van der Waals surface area contributed by atoms with Gasteiger partial charge in [0.15, 0.2) is 6.10 Å². The van der Waals surface area contributed by atoms with E-state index in [1.165, 1.54) is 16.9 Å². The van der Waals surface area contributed by atoms with Crippen molar-refractivity contribution in [2.75, 3.05) is 13.1 Å². The Bertz CT molecular complexity index is 735. The first kappa shape index (κ1) is 16.5. The minimum atomic E-state index is -0.120. The standard InChI is InChI=1S/C19H20N2O2S/c1-3-10-21(19(22)18-5-4-11-24-18)13-16-12-17(20-23-16)15-8-6-14(2)7-9-15/h3-9,11,16H,1,10,12-13H2,2H3. The topological polar surface area (TPSA) is 41.9 Å². The molecule has 1 atom stereocenters. The zero-order valence-corrected chi connectivity index (χ0v) is 14.5. The van der Waals surface area contributed by atoms with Crippen molar-refractivity contribution in [3.63, 3.8) is 0 Å². The highest BCUT2D eigenvalue weighted by atomic mass is 32.1. The van der Waals surface area contributed by atoms with Crippen LogP contribution in [0.2, 0.25) is 0 Å². The van der Waals surface area contributed by atoms with E-state index in [2.05, 4.69) is 42.9 Å². The van der Waals surface area contributed by atoms with Crippen LogP contribution in [0.15, 0.2) is 59.6 Å². The summed E-state index contributed by atoms with van der Waals surface area (Å²) in [5.41, 5.74) is 3.22. The Hall–Kier alpha value is -2.40. The minimum absolute atomic E-state index is 0.0114. The highest BCUT2D eigenvalue weighted by molar-refractivity contribution is 7.12. The quantitative estimate of drug-likeness (QED) is 0.749. The van der Waals surface area contributed by atoms with Crippen LogP contribution in [0, 0.1) is 6.92 Å². The molecule has 0 saturated carbocycles. The van der Waals surface area contributed by atoms with Crippen LogP contribution >= 0.6 is 11.3 Å². The predicted octanol–water partition coefficient (Wildman–Crippen LogP) is 3.88. The molecule has 0 spiro atoms. The van der Waals surface area contributed by atoms with Crippen molar-refractivity contribution in [3.8, 4) is 0 Å². The van der Waals surface area contributed by atoms with E-state index in [-0.39, 0.29) is 12.0 Å². The maximum Gasteiger partial charge on any atom is 0.264 e. The van der Waals surface area contributed by atoms with E-state index in [0.717, 1.165) is 16.2 Å². The molecule has 124 valence electrons. The highest BCUT2D eigenvalue weighted by Crippen LogP contribution is 2.20. The van der Waals surface area contributed by atoms with Crippen molar-refractivity contribution in [2.45, 2.75) is 19.4 Å². The van der Waals surface area contributed by atoms with Crippen molar-refractivity contribution in [2.24, 2.45) is 5.16 Å². The molecule has 0 aliphatic carbocycles. The summed E-state index contributed by atoms with van der Waals surface area (Å²) in [6.07, 6.45) is 2.32. The van der Waals surface area contributed by atoms with Crippen molar-refractivity contribution >= 4 is 23.0 Å². The second kappa shape index (κ2) is 7.45. The molecule has 24 heavy (non-hydrogen) atoms. The van der Waals surface area contributed by atoms with Gasteiger partial charge in [0, 0.05) is 13.0 Å². The van der Waals surface area contributed by atoms with Crippen molar-refractivity contribution in [3.05, 3.63) is 70.4 Å². The van der Waals surface area contributed by atoms with Crippen molar-refractivity contribution < 1.29 is 9.63 Å². The van der Waals surface area contributed by atoms with E-state index >= 15 is 0 Å². The molecule has 5 heteroatoms. The predicted molar refractivity (Wildman–Crippen MR) is 97.6 cm³/mol. The van der Waals surface area contributed by atoms with Gasteiger partial charge in [-0.1, -0.05) is 47.1 Å². The lowest BCUT2D eigenvalue weighted by molar-refractivity contribution is 0.0452. The van der Waals surface area contributed by atoms with Crippen LogP contribution in [0.25, 0.3) is 0 Å². The third-order valence-electron chi connectivity index (χ3n) is 3.91. The molecule has 1 aliphatic rings. The molecular formula is C19H20N2O2S. The number of thiophene rings is 1. The van der Waals surface area contributed by atoms with Gasteiger partial charge in [-0.15, -0.1) is 17.9 Å². The summed E-state index contributed by atoms with van der Waals surface area (Å²) in [5.74, 6) is 0.0114. The largest absolute Gasteiger partial charge is 0.390 e. The zero-order chi connectivity index (χ0) is 16.9. The number of carbonyl (C=O) groups is 1. The summed E-state index contributed by atoms with van der Waals surface area (Å²) < 4.78 is 0. The molecule has 1 aromatic carbocycles. The van der Waals surface area contributed by atoms with Gasteiger partial charge in [0.05, 0.1) is 17.1 Å². The van der Waals surface area contributed by atoms with Gasteiger partial charge in [0.1, 0.15) is 0 Å². The van der Waals surface area contributed by atoms with E-state index < -0.39 is 0 Å². The average molecular weight is 340 g/mol. The molecule has 0 saturated heterocycles. The zero-order valence-electron chi connectivity index (χ0n) is 13.6. The fraction of sp³-hybridized carbons (Fsp3) is 0.263. The monoisotopic (exact) mass is 340 g/mol. The van der Waals surface area contributed by atoms with Gasteiger partial charge in [-0.3, -0.25) is 4.79 Å². The molecule has 1 aliphatic heterocycles. The first-order valence-corrected chi connectivity index (χ1v) is 8.78. The molecule has 0 bridgehead atoms. The van der Waals surface area contributed by atoms with Crippen LogP contribution in [0.1, 0.15) is 27.2 Å². The lowest BCUT2D eigenvalue weighted by Crippen LogP contribution is -2.37. The van der Waals surface area contributed by atoms with E-state index in [0.29, 0.717) is 19.5 Å². The number of hydrogen-bond acceptors (Lipinski definition) is 4. The van der Waals surface area contributed by atoms with Gasteiger partial charge >= 0.3 is 0 Å². The normalized spacial score (nSPS) is 16.4. The van der Waals surface area contributed by atoms with E-state index in [1.807, 2.05) is 17.5 Å². The molecule has 0 radical (unpaired) electrons. The Kier molecular flexibility index (Phi) is 5.11. The number of aryl methyl sites for hydroxylation is 1. The molecule has 0 N–H and O–H groups in total. The van der Waals surface area contributed by atoms with Crippen LogP contribution in [0.4, 0.5) is 0 Å². The summed E-state index contributed by atoms with van der Waals surface area (Å²) in [4.78, 5) is 20.6. The van der Waals surface area contributed by atoms with E-state index in [1.54, 1.807) is 11.0 Å². The van der Waals surface area contributed by atoms with Gasteiger partial charge in [0.2, 0.25) is 0 Å². The van der Waals surface area contributed by atoms with Gasteiger partial charge in [-0.25, -0.2) is 0 Å². The third kappa shape index (κ3) is 3.74. The van der Waals surface area contributed by atoms with E-state index in [4.69, 9.17) is 4.84 Å². The van der Waals surface area contributed by atoms with Gasteiger partial charge in [-0.05, 0) is 23.9 Å². The molecule has 3 rings (SSSR count). The van der Waals surface area contributed by atoms with Crippen molar-refractivity contribution in [1.29, 1.82) is 0 Å². The van der Waals surface area contributed by atoms with E-state index in [9.17, 15) is 4.79 Å². The Morgan fingerprint density at radius 2 is 2.21 bits per heavy atom. The Labute approximate surface area is 146 Å². The Morgan fingerprint density at radius 3 is 2.88 bits per heavy atom. The number of amides is 1. The summed E-state index contributed by atoms with van der Waals surface area (Å²) in [7, 11) is 0. The van der Waals surface area contributed by atoms with Crippen molar-refractivity contribution in [1.82, 2.24) is 4.90 Å². The maximum absolute atomic E-state index is 12.6. The van der Waals surface area contributed by atoms with Crippen LogP contribution in [0.3, 0.4) is 0 Å². The maximum atomic E-state index is 12.6. The molecule has 0 fully saturated rings.